The third-order valence-corrected chi connectivity index (χ3v) is 5.40. The van der Waals surface area contributed by atoms with E-state index in [0.717, 1.165) is 50.9 Å². The third-order valence-electron chi connectivity index (χ3n) is 5.40. The van der Waals surface area contributed by atoms with E-state index in [9.17, 15) is 4.79 Å². The molecule has 2 N–H and O–H groups in total. The van der Waals surface area contributed by atoms with Crippen molar-refractivity contribution in [3.63, 3.8) is 0 Å². The maximum Gasteiger partial charge on any atom is 0.326 e. The number of hydrogen-bond donors (Lipinski definition) is 1. The summed E-state index contributed by atoms with van der Waals surface area (Å²) in [4.78, 5) is 12.3. The molecule has 19 heavy (non-hydrogen) atoms. The summed E-state index contributed by atoms with van der Waals surface area (Å²) < 4.78 is 5.72. The fourth-order valence-electron chi connectivity index (χ4n) is 3.36. The Bertz CT molecular complexity index is 321. The third kappa shape index (κ3) is 3.50. The van der Waals surface area contributed by atoms with E-state index >= 15 is 0 Å². The van der Waals surface area contributed by atoms with E-state index in [-0.39, 0.29) is 12.1 Å². The second-order valence-electron chi connectivity index (χ2n) is 7.13. The predicted molar refractivity (Wildman–Crippen MR) is 76.6 cm³/mol. The van der Waals surface area contributed by atoms with Crippen LogP contribution in [0.3, 0.4) is 0 Å². The molecule has 3 heteroatoms. The number of ether oxygens (including phenoxy) is 1. The van der Waals surface area contributed by atoms with Gasteiger partial charge in [-0.05, 0) is 62.7 Å². The average molecular weight is 267 g/mol. The van der Waals surface area contributed by atoms with Gasteiger partial charge in [-0.15, -0.1) is 0 Å². The molecule has 0 amide bonds. The molecule has 3 atom stereocenters. The Balaban J connectivity index is 1.87. The van der Waals surface area contributed by atoms with Crippen LogP contribution in [0.2, 0.25) is 0 Å². The second kappa shape index (κ2) is 5.82. The molecule has 0 saturated heterocycles. The fraction of sp³-hybridized carbons (Fsp3) is 0.938. The fourth-order valence-corrected chi connectivity index (χ4v) is 3.36. The lowest BCUT2D eigenvalue weighted by atomic mass is 9.77. The molecule has 0 heterocycles. The molecule has 2 rings (SSSR count). The molecule has 0 spiro atoms. The van der Waals surface area contributed by atoms with Crippen molar-refractivity contribution in [2.75, 3.05) is 0 Å². The number of carbonyl (C=O) groups excluding carboxylic acids is 1. The van der Waals surface area contributed by atoms with Gasteiger partial charge in [-0.3, -0.25) is 4.79 Å². The van der Waals surface area contributed by atoms with E-state index < -0.39 is 5.54 Å². The van der Waals surface area contributed by atoms with Crippen LogP contribution in [0.25, 0.3) is 0 Å². The van der Waals surface area contributed by atoms with Crippen LogP contribution in [-0.2, 0) is 9.53 Å². The van der Waals surface area contributed by atoms with Crippen molar-refractivity contribution in [2.45, 2.75) is 77.4 Å². The molecule has 3 unspecified atom stereocenters. The van der Waals surface area contributed by atoms with E-state index in [4.69, 9.17) is 10.5 Å². The van der Waals surface area contributed by atoms with Gasteiger partial charge in [-0.25, -0.2) is 0 Å². The van der Waals surface area contributed by atoms with Crippen molar-refractivity contribution in [1.82, 2.24) is 0 Å². The standard InChI is InChI=1S/C16H29NO2/c1-11-6-8-16(17,9-7-11)15(18)19-14-5-4-12(2)13(3)10-14/h11-14H,4-10,17H2,1-3H3. The van der Waals surface area contributed by atoms with Gasteiger partial charge < -0.3 is 10.5 Å². The zero-order valence-corrected chi connectivity index (χ0v) is 12.7. The molecule has 2 fully saturated rings. The second-order valence-corrected chi connectivity index (χ2v) is 7.13. The number of esters is 1. The van der Waals surface area contributed by atoms with Crippen molar-refractivity contribution in [3.8, 4) is 0 Å². The first kappa shape index (κ1) is 14.8. The smallest absolute Gasteiger partial charge is 0.326 e. The molecule has 0 aromatic carbocycles. The minimum absolute atomic E-state index is 0.0958. The van der Waals surface area contributed by atoms with Gasteiger partial charge in [0.25, 0.3) is 0 Å². The van der Waals surface area contributed by atoms with E-state index in [2.05, 4.69) is 20.8 Å². The van der Waals surface area contributed by atoms with E-state index in [1.807, 2.05) is 0 Å². The van der Waals surface area contributed by atoms with Crippen LogP contribution in [0.15, 0.2) is 0 Å². The molecular formula is C16H29NO2. The van der Waals surface area contributed by atoms with E-state index in [0.29, 0.717) is 11.8 Å². The largest absolute Gasteiger partial charge is 0.461 e. The lowest BCUT2D eigenvalue weighted by Crippen LogP contribution is -2.52. The Morgan fingerprint density at radius 2 is 1.68 bits per heavy atom. The summed E-state index contributed by atoms with van der Waals surface area (Å²) in [5.74, 6) is 1.94. The Labute approximate surface area is 117 Å². The lowest BCUT2D eigenvalue weighted by Gasteiger charge is -2.37. The van der Waals surface area contributed by atoms with Gasteiger partial charge in [-0.1, -0.05) is 20.8 Å². The normalized spacial score (nSPS) is 43.8. The number of hydrogen-bond acceptors (Lipinski definition) is 3. The maximum absolute atomic E-state index is 12.3. The SMILES string of the molecule is CC1CCC(N)(C(=O)OC2CCC(C)C(C)C2)CC1. The van der Waals surface area contributed by atoms with Gasteiger partial charge in [0.1, 0.15) is 11.6 Å². The quantitative estimate of drug-likeness (QED) is 0.781. The molecule has 110 valence electrons. The monoisotopic (exact) mass is 267 g/mol. The van der Waals surface area contributed by atoms with Crippen molar-refractivity contribution in [2.24, 2.45) is 23.5 Å². The summed E-state index contributed by atoms with van der Waals surface area (Å²) in [6.07, 6.45) is 6.92. The van der Waals surface area contributed by atoms with Crippen LogP contribution >= 0.6 is 0 Å². The van der Waals surface area contributed by atoms with Crippen LogP contribution in [0.5, 0.6) is 0 Å². The minimum Gasteiger partial charge on any atom is -0.461 e. The molecule has 0 aliphatic heterocycles. The topological polar surface area (TPSA) is 52.3 Å². The number of rotatable bonds is 2. The van der Waals surface area contributed by atoms with Crippen molar-refractivity contribution < 1.29 is 9.53 Å². The maximum atomic E-state index is 12.3. The minimum atomic E-state index is -0.710. The summed E-state index contributed by atoms with van der Waals surface area (Å²) in [5, 5.41) is 0. The predicted octanol–water partition coefficient (Wildman–Crippen LogP) is 3.26. The molecule has 2 aliphatic rings. The van der Waals surface area contributed by atoms with Crippen LogP contribution in [-0.4, -0.2) is 17.6 Å². The number of nitrogens with two attached hydrogens (primary N) is 1. The van der Waals surface area contributed by atoms with Crippen molar-refractivity contribution in [1.29, 1.82) is 0 Å². The highest BCUT2D eigenvalue weighted by molar-refractivity contribution is 5.80. The molecule has 2 aliphatic carbocycles. The van der Waals surface area contributed by atoms with E-state index in [1.54, 1.807) is 0 Å². The average Bonchev–Trinajstić information content (AvgIpc) is 2.37. The molecule has 0 aromatic heterocycles. The Morgan fingerprint density at radius 3 is 2.26 bits per heavy atom. The Kier molecular flexibility index (Phi) is 4.54. The van der Waals surface area contributed by atoms with Gasteiger partial charge in [-0.2, -0.15) is 0 Å². The molecule has 0 bridgehead atoms. The summed E-state index contributed by atoms with van der Waals surface area (Å²) in [6.45, 7) is 6.77. The summed E-state index contributed by atoms with van der Waals surface area (Å²) in [7, 11) is 0. The van der Waals surface area contributed by atoms with Gasteiger partial charge >= 0.3 is 5.97 Å². The van der Waals surface area contributed by atoms with Crippen LogP contribution in [0.4, 0.5) is 0 Å². The van der Waals surface area contributed by atoms with Gasteiger partial charge in [0, 0.05) is 0 Å². The summed E-state index contributed by atoms with van der Waals surface area (Å²) in [6, 6.07) is 0. The summed E-state index contributed by atoms with van der Waals surface area (Å²) >= 11 is 0. The zero-order valence-electron chi connectivity index (χ0n) is 12.7. The first-order valence-corrected chi connectivity index (χ1v) is 7.90. The van der Waals surface area contributed by atoms with Gasteiger partial charge in [0.15, 0.2) is 0 Å². The van der Waals surface area contributed by atoms with Gasteiger partial charge in [0.2, 0.25) is 0 Å². The molecular weight excluding hydrogens is 238 g/mol. The number of carbonyl (C=O) groups is 1. The molecule has 0 aromatic rings. The molecule has 0 radical (unpaired) electrons. The molecule has 3 nitrogen and oxygen atoms in total. The van der Waals surface area contributed by atoms with Crippen molar-refractivity contribution in [3.05, 3.63) is 0 Å². The highest BCUT2D eigenvalue weighted by atomic mass is 16.5. The molecule has 2 saturated carbocycles. The van der Waals surface area contributed by atoms with Crippen LogP contribution in [0, 0.1) is 17.8 Å². The van der Waals surface area contributed by atoms with E-state index in [1.165, 1.54) is 0 Å². The first-order valence-electron chi connectivity index (χ1n) is 7.90. The Hall–Kier alpha value is -0.570. The van der Waals surface area contributed by atoms with Crippen molar-refractivity contribution >= 4 is 5.97 Å². The Morgan fingerprint density at radius 1 is 1.05 bits per heavy atom. The lowest BCUT2D eigenvalue weighted by molar-refractivity contribution is -0.160. The highest BCUT2D eigenvalue weighted by Crippen LogP contribution is 2.34. The van der Waals surface area contributed by atoms with Gasteiger partial charge in [0.05, 0.1) is 0 Å². The summed E-state index contributed by atoms with van der Waals surface area (Å²) in [5.41, 5.74) is 5.56. The highest BCUT2D eigenvalue weighted by Gasteiger charge is 2.40. The van der Waals surface area contributed by atoms with Crippen LogP contribution in [0.1, 0.15) is 65.7 Å². The van der Waals surface area contributed by atoms with Crippen LogP contribution < -0.4 is 5.73 Å². The first-order chi connectivity index (χ1) is 8.90. The zero-order chi connectivity index (χ0) is 14.0.